The lowest BCUT2D eigenvalue weighted by atomic mass is 9.96. The molecule has 0 fully saturated rings. The number of rotatable bonds is 6. The molecule has 2 aromatic carbocycles. The number of nitrogens with zero attached hydrogens (tertiary/aromatic N) is 1. The molecule has 0 spiro atoms. The zero-order chi connectivity index (χ0) is 22.5. The van der Waals surface area contributed by atoms with Crippen LogP contribution in [0.2, 0.25) is 0 Å². The molecule has 0 bridgehead atoms. The maximum atomic E-state index is 14.7. The second-order valence-corrected chi connectivity index (χ2v) is 8.16. The molecule has 1 atom stereocenters. The SMILES string of the molecule is Cc1[nH]c(=O)c(C#N)c(C)c1CCC(=O)NC(c1ccccc1)c1ccc(Br)cc1F. The molecule has 3 rings (SSSR count). The lowest BCUT2D eigenvalue weighted by molar-refractivity contribution is -0.121. The molecule has 158 valence electrons. The van der Waals surface area contributed by atoms with Gasteiger partial charge in [-0.15, -0.1) is 0 Å². The van der Waals surface area contributed by atoms with Crippen LogP contribution in [-0.2, 0) is 11.2 Å². The van der Waals surface area contributed by atoms with E-state index in [1.165, 1.54) is 6.07 Å². The Kier molecular flexibility index (Phi) is 7.03. The number of aromatic nitrogens is 1. The van der Waals surface area contributed by atoms with E-state index in [0.29, 0.717) is 27.7 Å². The van der Waals surface area contributed by atoms with Gasteiger partial charge in [0.25, 0.3) is 5.56 Å². The summed E-state index contributed by atoms with van der Waals surface area (Å²) in [5.74, 6) is -0.686. The summed E-state index contributed by atoms with van der Waals surface area (Å²) in [6, 6.07) is 15.2. The average Bonchev–Trinajstić information content (AvgIpc) is 2.73. The molecule has 1 amide bonds. The van der Waals surface area contributed by atoms with Crippen molar-refractivity contribution in [2.24, 2.45) is 0 Å². The molecule has 5 nitrogen and oxygen atoms in total. The summed E-state index contributed by atoms with van der Waals surface area (Å²) in [4.78, 5) is 27.4. The number of pyridine rings is 1. The molecule has 1 aromatic heterocycles. The van der Waals surface area contributed by atoms with Crippen molar-refractivity contribution in [1.82, 2.24) is 10.3 Å². The van der Waals surface area contributed by atoms with Crippen molar-refractivity contribution in [1.29, 1.82) is 5.26 Å². The van der Waals surface area contributed by atoms with E-state index < -0.39 is 17.4 Å². The molecule has 3 aromatic rings. The number of hydrogen-bond acceptors (Lipinski definition) is 3. The van der Waals surface area contributed by atoms with Crippen molar-refractivity contribution in [2.75, 3.05) is 0 Å². The Morgan fingerprint density at radius 1 is 1.23 bits per heavy atom. The van der Waals surface area contributed by atoms with Gasteiger partial charge in [0.05, 0.1) is 6.04 Å². The number of H-pyrrole nitrogens is 1. The predicted molar refractivity (Wildman–Crippen MR) is 120 cm³/mol. The fraction of sp³-hybridized carbons (Fsp3) is 0.208. The molecule has 2 N–H and O–H groups in total. The van der Waals surface area contributed by atoms with Crippen LogP contribution in [0.5, 0.6) is 0 Å². The Balaban J connectivity index is 1.84. The van der Waals surface area contributed by atoms with Crippen LogP contribution in [0, 0.1) is 31.0 Å². The molecule has 0 aliphatic carbocycles. The molecular formula is C24H21BrFN3O2. The fourth-order valence-corrected chi connectivity index (χ4v) is 3.95. The summed E-state index contributed by atoms with van der Waals surface area (Å²) >= 11 is 3.26. The summed E-state index contributed by atoms with van der Waals surface area (Å²) in [5, 5.41) is 12.1. The minimum Gasteiger partial charge on any atom is -0.345 e. The molecule has 0 saturated carbocycles. The third-order valence-electron chi connectivity index (χ3n) is 5.23. The average molecular weight is 482 g/mol. The highest BCUT2D eigenvalue weighted by molar-refractivity contribution is 9.10. The van der Waals surface area contributed by atoms with Crippen LogP contribution in [-0.4, -0.2) is 10.9 Å². The van der Waals surface area contributed by atoms with Crippen molar-refractivity contribution >= 4 is 21.8 Å². The Morgan fingerprint density at radius 2 is 1.94 bits per heavy atom. The third kappa shape index (κ3) is 5.09. The van der Waals surface area contributed by atoms with Gasteiger partial charge in [0.15, 0.2) is 0 Å². The second kappa shape index (κ2) is 9.71. The van der Waals surface area contributed by atoms with Crippen LogP contribution >= 0.6 is 15.9 Å². The van der Waals surface area contributed by atoms with Crippen LogP contribution in [0.1, 0.15) is 46.0 Å². The van der Waals surface area contributed by atoms with E-state index in [0.717, 1.165) is 11.1 Å². The van der Waals surface area contributed by atoms with Gasteiger partial charge in [0.2, 0.25) is 5.91 Å². The molecule has 0 aliphatic heterocycles. The normalized spacial score (nSPS) is 11.6. The smallest absolute Gasteiger partial charge is 0.266 e. The number of nitrogens with one attached hydrogen (secondary N) is 2. The summed E-state index contributed by atoms with van der Waals surface area (Å²) in [6.07, 6.45) is 0.472. The predicted octanol–water partition coefficient (Wildman–Crippen LogP) is 4.60. The lowest BCUT2D eigenvalue weighted by Crippen LogP contribution is -2.30. The van der Waals surface area contributed by atoms with E-state index in [2.05, 4.69) is 26.2 Å². The van der Waals surface area contributed by atoms with Gasteiger partial charge in [-0.25, -0.2) is 4.39 Å². The number of amides is 1. The topological polar surface area (TPSA) is 85.8 Å². The molecule has 1 unspecified atom stereocenters. The molecule has 7 heteroatoms. The van der Waals surface area contributed by atoms with Crippen molar-refractivity contribution < 1.29 is 9.18 Å². The van der Waals surface area contributed by atoms with Gasteiger partial charge in [-0.05, 0) is 49.1 Å². The maximum absolute atomic E-state index is 14.7. The van der Waals surface area contributed by atoms with E-state index in [1.807, 2.05) is 36.4 Å². The van der Waals surface area contributed by atoms with Crippen LogP contribution < -0.4 is 10.9 Å². The van der Waals surface area contributed by atoms with Crippen LogP contribution in [0.4, 0.5) is 4.39 Å². The number of hydrogen-bond donors (Lipinski definition) is 2. The van der Waals surface area contributed by atoms with Crippen LogP contribution in [0.15, 0.2) is 57.8 Å². The monoisotopic (exact) mass is 481 g/mol. The Hall–Kier alpha value is -3.24. The maximum Gasteiger partial charge on any atom is 0.266 e. The fourth-order valence-electron chi connectivity index (χ4n) is 3.61. The molecule has 1 heterocycles. The van der Waals surface area contributed by atoms with E-state index >= 15 is 0 Å². The number of halogens is 2. The number of aryl methyl sites for hydroxylation is 1. The largest absolute Gasteiger partial charge is 0.345 e. The van der Waals surface area contributed by atoms with Gasteiger partial charge in [-0.1, -0.05) is 52.3 Å². The zero-order valence-electron chi connectivity index (χ0n) is 17.1. The highest BCUT2D eigenvalue weighted by Crippen LogP contribution is 2.27. The van der Waals surface area contributed by atoms with Crippen molar-refractivity contribution in [2.45, 2.75) is 32.7 Å². The molecule has 0 aliphatic rings. The minimum absolute atomic E-state index is 0.0557. The Labute approximate surface area is 188 Å². The van der Waals surface area contributed by atoms with Gasteiger partial charge in [-0.2, -0.15) is 5.26 Å². The number of benzene rings is 2. The number of nitriles is 1. The number of carbonyl (C=O) groups excluding carboxylic acids is 1. The standard InChI is InChI=1S/C24H21BrFN3O2/c1-14-18(15(2)28-24(31)20(14)13-27)10-11-22(30)29-23(16-6-4-3-5-7-16)19-9-8-17(25)12-21(19)26/h3-9,12,23H,10-11H2,1-2H3,(H,28,31)(H,29,30). The molecule has 31 heavy (non-hydrogen) atoms. The first-order chi connectivity index (χ1) is 14.8. The molecular weight excluding hydrogens is 461 g/mol. The second-order valence-electron chi connectivity index (χ2n) is 7.25. The van der Waals surface area contributed by atoms with E-state index in [9.17, 15) is 19.2 Å². The number of carbonyl (C=O) groups is 1. The van der Waals surface area contributed by atoms with Gasteiger partial charge >= 0.3 is 0 Å². The van der Waals surface area contributed by atoms with Gasteiger partial charge in [-0.3, -0.25) is 9.59 Å². The quantitative estimate of drug-likeness (QED) is 0.539. The van der Waals surface area contributed by atoms with E-state index in [4.69, 9.17) is 0 Å². The summed E-state index contributed by atoms with van der Waals surface area (Å²) in [5.41, 5.74) is 2.73. The van der Waals surface area contributed by atoms with Crippen molar-refractivity contribution in [3.8, 4) is 6.07 Å². The summed E-state index contributed by atoms with van der Waals surface area (Å²) in [6.45, 7) is 3.45. The third-order valence-corrected chi connectivity index (χ3v) is 5.73. The van der Waals surface area contributed by atoms with Gasteiger partial charge in [0, 0.05) is 22.2 Å². The Morgan fingerprint density at radius 3 is 2.58 bits per heavy atom. The first-order valence-electron chi connectivity index (χ1n) is 9.73. The number of aromatic amines is 1. The van der Waals surface area contributed by atoms with Crippen molar-refractivity contribution in [3.63, 3.8) is 0 Å². The summed E-state index contributed by atoms with van der Waals surface area (Å²) < 4.78 is 15.3. The van der Waals surface area contributed by atoms with Crippen LogP contribution in [0.25, 0.3) is 0 Å². The molecule has 0 saturated heterocycles. The van der Waals surface area contributed by atoms with E-state index in [1.54, 1.807) is 26.0 Å². The van der Waals surface area contributed by atoms with Gasteiger partial charge in [0.1, 0.15) is 17.4 Å². The first-order valence-corrected chi connectivity index (χ1v) is 10.5. The highest BCUT2D eigenvalue weighted by atomic mass is 79.9. The lowest BCUT2D eigenvalue weighted by Gasteiger charge is -2.21. The minimum atomic E-state index is -0.644. The Bertz CT molecular complexity index is 1220. The summed E-state index contributed by atoms with van der Waals surface area (Å²) in [7, 11) is 0. The van der Waals surface area contributed by atoms with Crippen LogP contribution in [0.3, 0.4) is 0 Å². The highest BCUT2D eigenvalue weighted by Gasteiger charge is 2.21. The van der Waals surface area contributed by atoms with Crippen molar-refractivity contribution in [3.05, 3.63) is 103 Å². The first kappa shape index (κ1) is 22.4. The molecule has 0 radical (unpaired) electrons. The van der Waals surface area contributed by atoms with Gasteiger partial charge < -0.3 is 10.3 Å². The zero-order valence-corrected chi connectivity index (χ0v) is 18.7. The van der Waals surface area contributed by atoms with E-state index in [-0.39, 0.29) is 17.9 Å².